The van der Waals surface area contributed by atoms with E-state index < -0.39 is 0 Å². The molecule has 58 valence electrons. The standard InChI is InChI=1S/C8H11N3/c9-4-6-1-2-7(5-10)8(11)3-6/h1-3,5,10H,4,9,11H2. The lowest BCUT2D eigenvalue weighted by molar-refractivity contribution is 1.07. The maximum atomic E-state index is 6.98. The molecule has 0 fully saturated rings. The van der Waals surface area contributed by atoms with Crippen LogP contribution in [0.25, 0.3) is 0 Å². The zero-order valence-corrected chi connectivity index (χ0v) is 6.17. The fourth-order valence-corrected chi connectivity index (χ4v) is 0.883. The highest BCUT2D eigenvalue weighted by atomic mass is 14.6. The van der Waals surface area contributed by atoms with Crippen molar-refractivity contribution in [1.29, 1.82) is 5.41 Å². The van der Waals surface area contributed by atoms with Crippen LogP contribution in [0.2, 0.25) is 0 Å². The van der Waals surface area contributed by atoms with Crippen LogP contribution in [0.3, 0.4) is 0 Å². The van der Waals surface area contributed by atoms with E-state index in [2.05, 4.69) is 0 Å². The lowest BCUT2D eigenvalue weighted by Crippen LogP contribution is -1.99. The normalized spacial score (nSPS) is 9.55. The Morgan fingerprint density at radius 3 is 2.64 bits per heavy atom. The van der Waals surface area contributed by atoms with Gasteiger partial charge in [-0.15, -0.1) is 0 Å². The highest BCUT2D eigenvalue weighted by Gasteiger charge is 1.95. The first-order valence-corrected chi connectivity index (χ1v) is 3.37. The third-order valence-corrected chi connectivity index (χ3v) is 1.54. The summed E-state index contributed by atoms with van der Waals surface area (Å²) in [7, 11) is 0. The van der Waals surface area contributed by atoms with Gasteiger partial charge in [0.1, 0.15) is 0 Å². The molecule has 1 rings (SSSR count). The minimum Gasteiger partial charge on any atom is -0.398 e. The molecule has 3 nitrogen and oxygen atoms in total. The van der Waals surface area contributed by atoms with Crippen molar-refractivity contribution in [2.75, 3.05) is 5.73 Å². The summed E-state index contributed by atoms with van der Waals surface area (Å²) >= 11 is 0. The van der Waals surface area contributed by atoms with Crippen LogP contribution >= 0.6 is 0 Å². The van der Waals surface area contributed by atoms with Gasteiger partial charge in [0.25, 0.3) is 0 Å². The molecule has 0 radical (unpaired) electrons. The minimum atomic E-state index is 0.489. The molecule has 0 saturated heterocycles. The Bertz CT molecular complexity index is 268. The molecule has 0 aliphatic rings. The van der Waals surface area contributed by atoms with Crippen molar-refractivity contribution in [3.8, 4) is 0 Å². The average Bonchev–Trinajstić information content (AvgIpc) is 2.04. The number of nitrogens with two attached hydrogens (primary N) is 2. The molecule has 0 bridgehead atoms. The summed E-state index contributed by atoms with van der Waals surface area (Å²) in [5.41, 5.74) is 13.3. The zero-order chi connectivity index (χ0) is 8.27. The van der Waals surface area contributed by atoms with Gasteiger partial charge in [-0.25, -0.2) is 0 Å². The van der Waals surface area contributed by atoms with Crippen molar-refractivity contribution in [1.82, 2.24) is 0 Å². The number of nitrogen functional groups attached to an aromatic ring is 1. The number of benzene rings is 1. The van der Waals surface area contributed by atoms with Gasteiger partial charge < -0.3 is 16.9 Å². The lowest BCUT2D eigenvalue weighted by Gasteiger charge is -2.01. The maximum absolute atomic E-state index is 6.98. The molecular weight excluding hydrogens is 138 g/mol. The van der Waals surface area contributed by atoms with Crippen LogP contribution in [0.15, 0.2) is 18.2 Å². The molecule has 1 aromatic carbocycles. The van der Waals surface area contributed by atoms with Gasteiger partial charge >= 0.3 is 0 Å². The smallest absolute Gasteiger partial charge is 0.0406 e. The van der Waals surface area contributed by atoms with Gasteiger partial charge in [-0.2, -0.15) is 0 Å². The molecular formula is C8H11N3. The predicted octanol–water partition coefficient (Wildman–Crippen LogP) is 0.725. The first kappa shape index (κ1) is 7.75. The van der Waals surface area contributed by atoms with Crippen molar-refractivity contribution < 1.29 is 0 Å². The summed E-state index contributed by atoms with van der Waals surface area (Å²) in [5, 5.41) is 6.98. The van der Waals surface area contributed by atoms with Crippen molar-refractivity contribution in [3.63, 3.8) is 0 Å². The second kappa shape index (κ2) is 3.16. The molecule has 0 heterocycles. The summed E-state index contributed by atoms with van der Waals surface area (Å²) < 4.78 is 0. The molecule has 1 aromatic rings. The van der Waals surface area contributed by atoms with Crippen molar-refractivity contribution in [2.24, 2.45) is 5.73 Å². The van der Waals surface area contributed by atoms with Gasteiger partial charge in [-0.1, -0.05) is 12.1 Å². The molecule has 0 atom stereocenters. The molecule has 0 aromatic heterocycles. The molecule has 0 saturated carbocycles. The molecule has 0 aliphatic heterocycles. The topological polar surface area (TPSA) is 75.9 Å². The second-order valence-electron chi connectivity index (χ2n) is 2.31. The Morgan fingerprint density at radius 2 is 2.18 bits per heavy atom. The van der Waals surface area contributed by atoms with Crippen LogP contribution in [0.5, 0.6) is 0 Å². The summed E-state index contributed by atoms with van der Waals surface area (Å²) in [6.07, 6.45) is 1.23. The van der Waals surface area contributed by atoms with E-state index >= 15 is 0 Å². The Hall–Kier alpha value is -1.35. The average molecular weight is 149 g/mol. The highest BCUT2D eigenvalue weighted by Crippen LogP contribution is 2.11. The first-order valence-electron chi connectivity index (χ1n) is 3.37. The van der Waals surface area contributed by atoms with Gasteiger partial charge in [-0.05, 0) is 11.6 Å². The number of hydrogen-bond acceptors (Lipinski definition) is 3. The Labute approximate surface area is 65.5 Å². The first-order chi connectivity index (χ1) is 5.27. The van der Waals surface area contributed by atoms with Crippen LogP contribution in [0.4, 0.5) is 5.69 Å². The molecule has 11 heavy (non-hydrogen) atoms. The zero-order valence-electron chi connectivity index (χ0n) is 6.17. The van der Waals surface area contributed by atoms with Crippen LogP contribution in [-0.4, -0.2) is 6.21 Å². The summed E-state index contributed by atoms with van der Waals surface area (Å²) in [6.45, 7) is 0.489. The summed E-state index contributed by atoms with van der Waals surface area (Å²) in [5.74, 6) is 0. The van der Waals surface area contributed by atoms with E-state index in [4.69, 9.17) is 16.9 Å². The second-order valence-corrected chi connectivity index (χ2v) is 2.31. The Morgan fingerprint density at radius 1 is 1.45 bits per heavy atom. The van der Waals surface area contributed by atoms with Gasteiger partial charge in [0.2, 0.25) is 0 Å². The van der Waals surface area contributed by atoms with E-state index in [1.807, 2.05) is 6.07 Å². The summed E-state index contributed by atoms with van der Waals surface area (Å²) in [6, 6.07) is 5.46. The molecule has 0 unspecified atom stereocenters. The van der Waals surface area contributed by atoms with Gasteiger partial charge in [0, 0.05) is 24.0 Å². The fourth-order valence-electron chi connectivity index (χ4n) is 0.883. The predicted molar refractivity (Wildman–Crippen MR) is 46.6 cm³/mol. The molecule has 3 heteroatoms. The maximum Gasteiger partial charge on any atom is 0.0406 e. The van der Waals surface area contributed by atoms with Crippen molar-refractivity contribution in [3.05, 3.63) is 29.3 Å². The van der Waals surface area contributed by atoms with Gasteiger partial charge in [-0.3, -0.25) is 0 Å². The fraction of sp³-hybridized carbons (Fsp3) is 0.125. The van der Waals surface area contributed by atoms with Crippen LogP contribution < -0.4 is 11.5 Å². The van der Waals surface area contributed by atoms with E-state index in [0.29, 0.717) is 12.2 Å². The Balaban J connectivity index is 3.09. The van der Waals surface area contributed by atoms with Crippen LogP contribution in [0.1, 0.15) is 11.1 Å². The van der Waals surface area contributed by atoms with E-state index in [1.165, 1.54) is 6.21 Å². The van der Waals surface area contributed by atoms with Gasteiger partial charge in [0.15, 0.2) is 0 Å². The molecule has 0 amide bonds. The number of anilines is 1. The molecule has 0 spiro atoms. The lowest BCUT2D eigenvalue weighted by atomic mass is 10.1. The largest absolute Gasteiger partial charge is 0.398 e. The SMILES string of the molecule is N=Cc1ccc(CN)cc1N. The summed E-state index contributed by atoms with van der Waals surface area (Å²) in [4.78, 5) is 0. The van der Waals surface area contributed by atoms with E-state index in [-0.39, 0.29) is 0 Å². The van der Waals surface area contributed by atoms with E-state index in [0.717, 1.165) is 11.1 Å². The van der Waals surface area contributed by atoms with E-state index in [1.54, 1.807) is 12.1 Å². The van der Waals surface area contributed by atoms with Crippen molar-refractivity contribution >= 4 is 11.9 Å². The Kier molecular flexibility index (Phi) is 2.23. The molecule has 0 aliphatic carbocycles. The van der Waals surface area contributed by atoms with Gasteiger partial charge in [0.05, 0.1) is 0 Å². The van der Waals surface area contributed by atoms with Crippen LogP contribution in [-0.2, 0) is 6.54 Å². The van der Waals surface area contributed by atoms with E-state index in [9.17, 15) is 0 Å². The quantitative estimate of drug-likeness (QED) is 0.428. The number of hydrogen-bond donors (Lipinski definition) is 3. The minimum absolute atomic E-state index is 0.489. The monoisotopic (exact) mass is 149 g/mol. The third-order valence-electron chi connectivity index (χ3n) is 1.54. The highest BCUT2D eigenvalue weighted by molar-refractivity contribution is 5.84. The number of nitrogens with one attached hydrogen (secondary N) is 1. The molecule has 5 N–H and O–H groups in total. The number of rotatable bonds is 2. The van der Waals surface area contributed by atoms with Crippen LogP contribution in [0, 0.1) is 5.41 Å². The third kappa shape index (κ3) is 1.56. The van der Waals surface area contributed by atoms with Crippen molar-refractivity contribution in [2.45, 2.75) is 6.54 Å².